The van der Waals surface area contributed by atoms with Crippen LogP contribution < -0.4 is 0 Å². The number of H-pyrrole nitrogens is 1. The molecule has 0 aliphatic carbocycles. The van der Waals surface area contributed by atoms with Gasteiger partial charge >= 0.3 is 5.97 Å². The Morgan fingerprint density at radius 2 is 1.96 bits per heavy atom. The van der Waals surface area contributed by atoms with E-state index < -0.39 is 11.8 Å². The van der Waals surface area contributed by atoms with Crippen molar-refractivity contribution in [2.75, 3.05) is 13.1 Å². The summed E-state index contributed by atoms with van der Waals surface area (Å²) in [4.78, 5) is 16.6. The summed E-state index contributed by atoms with van der Waals surface area (Å²) >= 11 is 6.19. The van der Waals surface area contributed by atoms with Gasteiger partial charge in [0, 0.05) is 33.6 Å². The van der Waals surface area contributed by atoms with Crippen LogP contribution in [0.25, 0.3) is 10.9 Å². The van der Waals surface area contributed by atoms with E-state index in [-0.39, 0.29) is 17.4 Å². The molecule has 0 saturated carbocycles. The predicted molar refractivity (Wildman–Crippen MR) is 104 cm³/mol. The molecule has 0 spiro atoms. The fraction of sp³-hybridized carbons (Fsp3) is 0.286. The van der Waals surface area contributed by atoms with Gasteiger partial charge in [0.25, 0.3) is 0 Å². The third-order valence-corrected chi connectivity index (χ3v) is 5.79. The van der Waals surface area contributed by atoms with E-state index in [1.165, 1.54) is 18.2 Å². The monoisotopic (exact) mass is 404 g/mol. The number of rotatable bonds is 4. The van der Waals surface area contributed by atoms with Crippen LogP contribution >= 0.6 is 11.6 Å². The number of aromatic carboxylic acids is 1. The number of halogens is 3. The lowest BCUT2D eigenvalue weighted by Crippen LogP contribution is -2.33. The summed E-state index contributed by atoms with van der Waals surface area (Å²) in [6.07, 6.45) is 1.44. The highest BCUT2D eigenvalue weighted by Crippen LogP contribution is 2.35. The molecule has 1 fully saturated rings. The summed E-state index contributed by atoms with van der Waals surface area (Å²) in [5, 5.41) is 10.5. The van der Waals surface area contributed by atoms with Crippen molar-refractivity contribution in [2.45, 2.75) is 25.3 Å². The largest absolute Gasteiger partial charge is 0.477 e. The molecule has 2 heterocycles. The molecule has 4 nitrogen and oxygen atoms in total. The molecule has 2 aromatic carbocycles. The van der Waals surface area contributed by atoms with Crippen molar-refractivity contribution < 1.29 is 18.7 Å². The van der Waals surface area contributed by atoms with Gasteiger partial charge in [-0.05, 0) is 62.2 Å². The molecule has 0 radical (unpaired) electrons. The Hall–Kier alpha value is -2.44. The van der Waals surface area contributed by atoms with E-state index in [1.54, 1.807) is 18.2 Å². The second-order valence-corrected chi connectivity index (χ2v) is 7.57. The van der Waals surface area contributed by atoms with Gasteiger partial charge in [-0.1, -0.05) is 17.7 Å². The van der Waals surface area contributed by atoms with Gasteiger partial charge < -0.3 is 10.1 Å². The summed E-state index contributed by atoms with van der Waals surface area (Å²) in [7, 11) is 0. The molecule has 2 N–H and O–H groups in total. The van der Waals surface area contributed by atoms with Crippen LogP contribution in [0.15, 0.2) is 36.4 Å². The molecule has 4 rings (SSSR count). The Kier molecular flexibility index (Phi) is 5.08. The lowest BCUT2D eigenvalue weighted by atomic mass is 9.88. The first kappa shape index (κ1) is 18.9. The van der Waals surface area contributed by atoms with Crippen LogP contribution in [0.2, 0.25) is 5.02 Å². The van der Waals surface area contributed by atoms with Gasteiger partial charge in [-0.3, -0.25) is 4.90 Å². The molecule has 146 valence electrons. The Morgan fingerprint density at radius 3 is 2.64 bits per heavy atom. The molecule has 1 aliphatic rings. The number of nitrogens with one attached hydrogen (secondary N) is 1. The highest BCUT2D eigenvalue weighted by Gasteiger charge is 2.27. The van der Waals surface area contributed by atoms with Crippen LogP contribution in [-0.4, -0.2) is 34.0 Å². The maximum atomic E-state index is 14.2. The maximum absolute atomic E-state index is 14.2. The zero-order valence-electron chi connectivity index (χ0n) is 15.0. The number of carboxylic acid groups (broad SMARTS) is 1. The molecular formula is C21H19ClF2N2O2. The van der Waals surface area contributed by atoms with Gasteiger partial charge in [-0.25, -0.2) is 13.6 Å². The Labute approximate surface area is 165 Å². The van der Waals surface area contributed by atoms with E-state index in [1.807, 2.05) is 0 Å². The fourth-order valence-electron chi connectivity index (χ4n) is 4.07. The van der Waals surface area contributed by atoms with Crippen molar-refractivity contribution in [3.8, 4) is 0 Å². The molecule has 1 aliphatic heterocycles. The Bertz CT molecular complexity index is 1020. The van der Waals surface area contributed by atoms with Crippen LogP contribution in [0, 0.1) is 11.6 Å². The van der Waals surface area contributed by atoms with Gasteiger partial charge in [-0.2, -0.15) is 0 Å². The third-order valence-electron chi connectivity index (χ3n) is 5.46. The molecule has 3 aromatic rings. The van der Waals surface area contributed by atoms with Gasteiger partial charge in [-0.15, -0.1) is 0 Å². The number of carboxylic acids is 1. The lowest BCUT2D eigenvalue weighted by molar-refractivity contribution is 0.0688. The second kappa shape index (κ2) is 7.53. The van der Waals surface area contributed by atoms with Crippen molar-refractivity contribution in [2.24, 2.45) is 0 Å². The lowest BCUT2D eigenvalue weighted by Gasteiger charge is -2.32. The van der Waals surface area contributed by atoms with Gasteiger partial charge in [0.1, 0.15) is 17.3 Å². The topological polar surface area (TPSA) is 56.3 Å². The zero-order valence-corrected chi connectivity index (χ0v) is 15.8. The molecule has 0 amide bonds. The second-order valence-electron chi connectivity index (χ2n) is 7.16. The summed E-state index contributed by atoms with van der Waals surface area (Å²) < 4.78 is 27.9. The van der Waals surface area contributed by atoms with Crippen LogP contribution in [0.4, 0.5) is 8.78 Å². The zero-order chi connectivity index (χ0) is 19.8. The van der Waals surface area contributed by atoms with E-state index in [9.17, 15) is 18.7 Å². The minimum atomic E-state index is -1.07. The number of hydrogen-bond acceptors (Lipinski definition) is 2. The van der Waals surface area contributed by atoms with Crippen LogP contribution in [0.1, 0.15) is 40.4 Å². The van der Waals surface area contributed by atoms with Gasteiger partial charge in [0.2, 0.25) is 0 Å². The third kappa shape index (κ3) is 3.50. The SMILES string of the molecule is O=C(O)c1[nH]c2ccc(F)cc2c1CN1CCC(c2c(F)cccc2Cl)CC1. The van der Waals surface area contributed by atoms with E-state index >= 15 is 0 Å². The van der Waals surface area contributed by atoms with Gasteiger partial charge in [0.15, 0.2) is 0 Å². The summed E-state index contributed by atoms with van der Waals surface area (Å²) in [6.45, 7) is 1.75. The number of hydrogen-bond donors (Lipinski definition) is 2. The molecule has 1 saturated heterocycles. The molecule has 0 bridgehead atoms. The predicted octanol–water partition coefficient (Wildman–Crippen LogP) is 5.18. The van der Waals surface area contributed by atoms with Crippen molar-refractivity contribution in [1.29, 1.82) is 0 Å². The standard InChI is InChI=1S/C21H19ClF2N2O2/c22-16-2-1-3-17(24)19(16)12-6-8-26(9-7-12)11-15-14-10-13(23)4-5-18(14)25-20(15)21(27)28/h1-5,10,12,25H,6-9,11H2,(H,27,28). The number of nitrogens with zero attached hydrogens (tertiary/aromatic N) is 1. The minimum absolute atomic E-state index is 0.0318. The first-order valence-corrected chi connectivity index (χ1v) is 9.51. The minimum Gasteiger partial charge on any atom is -0.477 e. The summed E-state index contributed by atoms with van der Waals surface area (Å²) in [6, 6.07) is 8.93. The number of fused-ring (bicyclic) bond motifs is 1. The Balaban J connectivity index is 1.55. The molecule has 7 heteroatoms. The van der Waals surface area contributed by atoms with Crippen LogP contribution in [-0.2, 0) is 6.54 Å². The van der Waals surface area contributed by atoms with Crippen molar-refractivity contribution in [3.63, 3.8) is 0 Å². The molecule has 0 atom stereocenters. The van der Waals surface area contributed by atoms with E-state index in [0.717, 1.165) is 12.8 Å². The van der Waals surface area contributed by atoms with E-state index in [2.05, 4.69) is 9.88 Å². The summed E-state index contributed by atoms with van der Waals surface area (Å²) in [5.74, 6) is -1.73. The number of likely N-dealkylation sites (tertiary alicyclic amines) is 1. The highest BCUT2D eigenvalue weighted by atomic mass is 35.5. The number of benzene rings is 2. The number of carbonyl (C=O) groups is 1. The van der Waals surface area contributed by atoms with E-state index in [4.69, 9.17) is 11.6 Å². The van der Waals surface area contributed by atoms with Gasteiger partial charge in [0.05, 0.1) is 0 Å². The smallest absolute Gasteiger partial charge is 0.352 e. The Morgan fingerprint density at radius 1 is 1.21 bits per heavy atom. The molecule has 28 heavy (non-hydrogen) atoms. The molecule has 1 aromatic heterocycles. The average molecular weight is 405 g/mol. The number of piperidine rings is 1. The quantitative estimate of drug-likeness (QED) is 0.630. The number of aromatic amines is 1. The molecule has 0 unspecified atom stereocenters. The highest BCUT2D eigenvalue weighted by molar-refractivity contribution is 6.31. The maximum Gasteiger partial charge on any atom is 0.352 e. The normalized spacial score (nSPS) is 16.0. The van der Waals surface area contributed by atoms with Crippen LogP contribution in [0.5, 0.6) is 0 Å². The number of aromatic nitrogens is 1. The summed E-state index contributed by atoms with van der Waals surface area (Å²) in [5.41, 5.74) is 1.82. The average Bonchev–Trinajstić information content (AvgIpc) is 3.01. The van der Waals surface area contributed by atoms with Crippen LogP contribution in [0.3, 0.4) is 0 Å². The first-order chi connectivity index (χ1) is 13.4. The molecular weight excluding hydrogens is 386 g/mol. The first-order valence-electron chi connectivity index (χ1n) is 9.13. The van der Waals surface area contributed by atoms with Crippen molar-refractivity contribution >= 4 is 28.5 Å². The van der Waals surface area contributed by atoms with E-state index in [0.29, 0.717) is 46.7 Å². The van der Waals surface area contributed by atoms with Crippen molar-refractivity contribution in [3.05, 3.63) is 69.9 Å². The van der Waals surface area contributed by atoms with Crippen molar-refractivity contribution in [1.82, 2.24) is 9.88 Å². The fourth-order valence-corrected chi connectivity index (χ4v) is 4.39.